The predicted molar refractivity (Wildman–Crippen MR) is 76.5 cm³/mol. The lowest BCUT2D eigenvalue weighted by molar-refractivity contribution is 0.638. The average molecular weight is 252 g/mol. The fraction of sp³-hybridized carbons (Fsp3) is 0.118. The quantitative estimate of drug-likeness (QED) is 0.697. The molecule has 0 saturated heterocycles. The molecular weight excluding hydrogens is 237 g/mol. The number of benzene rings is 2. The van der Waals surface area contributed by atoms with E-state index in [0.29, 0.717) is 11.8 Å². The van der Waals surface area contributed by atoms with Crippen molar-refractivity contribution in [1.82, 2.24) is 4.98 Å². The molecule has 1 atom stereocenters. The maximum Gasteiger partial charge on any atom is 0.132 e. The van der Waals surface area contributed by atoms with Gasteiger partial charge < -0.3 is 4.98 Å². The summed E-state index contributed by atoms with van der Waals surface area (Å²) < 4.78 is 14.1. The third-order valence-corrected chi connectivity index (χ3v) is 3.55. The molecule has 1 N–H and O–H groups in total. The van der Waals surface area contributed by atoms with Gasteiger partial charge in [0.25, 0.3) is 0 Å². The standard InChI is InChI=1S/C17H15FN/c1-2-13(12-7-4-3-5-8-12)14-11-19-16-10-6-9-15(18)17(14)16/h3-11,13,19H,1-2H2. The summed E-state index contributed by atoms with van der Waals surface area (Å²) in [6.45, 7) is 4.02. The summed E-state index contributed by atoms with van der Waals surface area (Å²) in [4.78, 5) is 3.15. The molecule has 3 aromatic rings. The SMILES string of the molecule is [CH2]CC(c1ccccc1)c1c[nH]c2cccc(F)c12. The van der Waals surface area contributed by atoms with Gasteiger partial charge in [0, 0.05) is 23.0 Å². The summed E-state index contributed by atoms with van der Waals surface area (Å²) in [5.74, 6) is -0.0602. The molecule has 0 aliphatic rings. The number of fused-ring (bicyclic) bond motifs is 1. The van der Waals surface area contributed by atoms with Crippen LogP contribution in [0.1, 0.15) is 23.5 Å². The molecule has 2 aromatic carbocycles. The van der Waals surface area contributed by atoms with Gasteiger partial charge in [-0.25, -0.2) is 4.39 Å². The maximum atomic E-state index is 14.1. The number of H-pyrrole nitrogens is 1. The van der Waals surface area contributed by atoms with Crippen LogP contribution < -0.4 is 0 Å². The third-order valence-electron chi connectivity index (χ3n) is 3.55. The number of halogens is 1. The number of nitrogens with one attached hydrogen (secondary N) is 1. The lowest BCUT2D eigenvalue weighted by Gasteiger charge is -2.15. The second-order valence-corrected chi connectivity index (χ2v) is 4.66. The van der Waals surface area contributed by atoms with Crippen LogP contribution in [-0.2, 0) is 0 Å². The molecule has 95 valence electrons. The van der Waals surface area contributed by atoms with E-state index in [-0.39, 0.29) is 11.7 Å². The van der Waals surface area contributed by atoms with Crippen LogP contribution in [0.2, 0.25) is 0 Å². The van der Waals surface area contributed by atoms with Gasteiger partial charge in [0.2, 0.25) is 0 Å². The van der Waals surface area contributed by atoms with Gasteiger partial charge in [0.1, 0.15) is 5.82 Å². The van der Waals surface area contributed by atoms with Crippen LogP contribution in [0.5, 0.6) is 0 Å². The zero-order valence-corrected chi connectivity index (χ0v) is 10.6. The molecule has 0 spiro atoms. The highest BCUT2D eigenvalue weighted by Crippen LogP contribution is 2.34. The minimum atomic E-state index is -0.178. The Kier molecular flexibility index (Phi) is 3.08. The number of hydrogen-bond donors (Lipinski definition) is 1. The summed E-state index contributed by atoms with van der Waals surface area (Å²) in [6, 6.07) is 15.2. The zero-order valence-electron chi connectivity index (χ0n) is 10.6. The van der Waals surface area contributed by atoms with Crippen molar-refractivity contribution in [3.63, 3.8) is 0 Å². The van der Waals surface area contributed by atoms with Crippen LogP contribution >= 0.6 is 0 Å². The van der Waals surface area contributed by atoms with Crippen LogP contribution in [0.25, 0.3) is 10.9 Å². The van der Waals surface area contributed by atoms with Gasteiger partial charge in [-0.2, -0.15) is 0 Å². The van der Waals surface area contributed by atoms with Crippen molar-refractivity contribution in [1.29, 1.82) is 0 Å². The Bertz CT molecular complexity index is 685. The van der Waals surface area contributed by atoms with Gasteiger partial charge in [-0.1, -0.05) is 43.3 Å². The van der Waals surface area contributed by atoms with E-state index in [1.165, 1.54) is 11.6 Å². The largest absolute Gasteiger partial charge is 0.361 e. The summed E-state index contributed by atoms with van der Waals surface area (Å²) in [6.07, 6.45) is 2.60. The maximum absolute atomic E-state index is 14.1. The third kappa shape index (κ3) is 2.03. The molecule has 19 heavy (non-hydrogen) atoms. The Hall–Kier alpha value is -2.09. The molecule has 0 bridgehead atoms. The Morgan fingerprint density at radius 1 is 1.05 bits per heavy atom. The average Bonchev–Trinajstić information content (AvgIpc) is 2.86. The van der Waals surface area contributed by atoms with Gasteiger partial charge in [0.15, 0.2) is 0 Å². The van der Waals surface area contributed by atoms with Crippen LogP contribution in [-0.4, -0.2) is 4.98 Å². The molecule has 0 aliphatic carbocycles. The topological polar surface area (TPSA) is 15.8 Å². The molecule has 0 fully saturated rings. The van der Waals surface area contributed by atoms with E-state index in [4.69, 9.17) is 0 Å². The molecule has 1 radical (unpaired) electrons. The molecule has 0 saturated carbocycles. The molecule has 1 unspecified atom stereocenters. The van der Waals surface area contributed by atoms with Gasteiger partial charge >= 0.3 is 0 Å². The second-order valence-electron chi connectivity index (χ2n) is 4.66. The molecule has 1 aromatic heterocycles. The summed E-state index contributed by atoms with van der Waals surface area (Å²) in [5, 5.41) is 0.681. The first-order chi connectivity index (χ1) is 9.31. The first kappa shape index (κ1) is 12.0. The van der Waals surface area contributed by atoms with Gasteiger partial charge in [-0.15, -0.1) is 0 Å². The van der Waals surface area contributed by atoms with E-state index in [1.807, 2.05) is 30.5 Å². The van der Waals surface area contributed by atoms with E-state index in [9.17, 15) is 4.39 Å². The van der Waals surface area contributed by atoms with Crippen LogP contribution in [0.15, 0.2) is 54.7 Å². The van der Waals surface area contributed by atoms with Gasteiger partial charge in [-0.05, 0) is 29.7 Å². The first-order valence-electron chi connectivity index (χ1n) is 6.41. The van der Waals surface area contributed by atoms with Gasteiger partial charge in [-0.3, -0.25) is 0 Å². The summed E-state index contributed by atoms with van der Waals surface area (Å²) in [7, 11) is 0. The summed E-state index contributed by atoms with van der Waals surface area (Å²) >= 11 is 0. The smallest absolute Gasteiger partial charge is 0.132 e. The molecule has 0 amide bonds. The number of aromatic nitrogens is 1. The van der Waals surface area contributed by atoms with E-state index in [0.717, 1.165) is 11.1 Å². The van der Waals surface area contributed by atoms with E-state index >= 15 is 0 Å². The van der Waals surface area contributed by atoms with Crippen molar-refractivity contribution in [2.75, 3.05) is 0 Å². The normalized spacial score (nSPS) is 12.7. The van der Waals surface area contributed by atoms with Crippen LogP contribution in [0.4, 0.5) is 4.39 Å². The molecular formula is C17H15FN. The van der Waals surface area contributed by atoms with E-state index in [1.54, 1.807) is 6.07 Å². The van der Waals surface area contributed by atoms with E-state index in [2.05, 4.69) is 24.0 Å². The van der Waals surface area contributed by atoms with Crippen molar-refractivity contribution in [2.45, 2.75) is 12.3 Å². The van der Waals surface area contributed by atoms with Crippen molar-refractivity contribution >= 4 is 10.9 Å². The van der Waals surface area contributed by atoms with Gasteiger partial charge in [0.05, 0.1) is 0 Å². The number of rotatable bonds is 3. The Balaban J connectivity index is 2.17. The lowest BCUT2D eigenvalue weighted by Crippen LogP contribution is -1.99. The minimum absolute atomic E-state index is 0.117. The second kappa shape index (κ2) is 4.88. The van der Waals surface area contributed by atoms with Crippen molar-refractivity contribution in [3.8, 4) is 0 Å². The van der Waals surface area contributed by atoms with Crippen LogP contribution in [0, 0.1) is 12.7 Å². The number of hydrogen-bond acceptors (Lipinski definition) is 0. The highest BCUT2D eigenvalue weighted by molar-refractivity contribution is 5.84. The monoisotopic (exact) mass is 252 g/mol. The van der Waals surface area contributed by atoms with Crippen LogP contribution in [0.3, 0.4) is 0 Å². The fourth-order valence-electron chi connectivity index (χ4n) is 2.63. The minimum Gasteiger partial charge on any atom is -0.361 e. The highest BCUT2D eigenvalue weighted by atomic mass is 19.1. The Labute approximate surface area is 112 Å². The Morgan fingerprint density at radius 2 is 1.84 bits per heavy atom. The fourth-order valence-corrected chi connectivity index (χ4v) is 2.63. The molecule has 0 aliphatic heterocycles. The Morgan fingerprint density at radius 3 is 2.58 bits per heavy atom. The summed E-state index contributed by atoms with van der Waals surface area (Å²) in [5.41, 5.74) is 2.99. The predicted octanol–water partition coefficient (Wildman–Crippen LogP) is 4.66. The molecule has 2 heteroatoms. The van der Waals surface area contributed by atoms with Crippen molar-refractivity contribution in [2.24, 2.45) is 0 Å². The van der Waals surface area contributed by atoms with E-state index < -0.39 is 0 Å². The highest BCUT2D eigenvalue weighted by Gasteiger charge is 2.18. The molecule has 1 nitrogen and oxygen atoms in total. The lowest BCUT2D eigenvalue weighted by atomic mass is 9.89. The number of aromatic amines is 1. The molecule has 3 rings (SSSR count). The van der Waals surface area contributed by atoms with Crippen molar-refractivity contribution in [3.05, 3.63) is 78.6 Å². The van der Waals surface area contributed by atoms with Crippen molar-refractivity contribution < 1.29 is 4.39 Å². The molecule has 1 heterocycles. The zero-order chi connectivity index (χ0) is 13.2. The first-order valence-corrected chi connectivity index (χ1v) is 6.41.